The molecular weight excluding hydrogens is 264 g/mol. The second-order valence-corrected chi connectivity index (χ2v) is 4.77. The molecule has 1 fully saturated rings. The van der Waals surface area contributed by atoms with E-state index >= 15 is 0 Å². The van der Waals surface area contributed by atoms with Crippen molar-refractivity contribution in [3.05, 3.63) is 34.7 Å². The van der Waals surface area contributed by atoms with E-state index in [4.69, 9.17) is 5.11 Å². The van der Waals surface area contributed by atoms with Crippen LogP contribution in [0.1, 0.15) is 12.8 Å². The number of β-amino-alcohol motifs (C(OH)–C–C–N with tert-alkyl or cyclic N) is 1. The lowest BCUT2D eigenvalue weighted by Crippen LogP contribution is -2.41. The number of aromatic nitrogens is 1. The van der Waals surface area contributed by atoms with E-state index in [2.05, 4.69) is 0 Å². The number of amides is 1. The number of carboxylic acids is 1. The van der Waals surface area contributed by atoms with Crippen molar-refractivity contribution in [1.82, 2.24) is 9.47 Å². The number of aliphatic hydroxyl groups excluding tert-OH is 1. The van der Waals surface area contributed by atoms with E-state index < -0.39 is 18.1 Å². The van der Waals surface area contributed by atoms with Crippen LogP contribution in [0, 0.1) is 0 Å². The van der Waals surface area contributed by atoms with E-state index in [-0.39, 0.29) is 37.4 Å². The van der Waals surface area contributed by atoms with Crippen molar-refractivity contribution in [3.8, 4) is 0 Å². The number of aryl methyl sites for hydroxylation is 1. The molecule has 1 saturated heterocycles. The fraction of sp³-hybridized carbons (Fsp3) is 0.462. The highest BCUT2D eigenvalue weighted by atomic mass is 16.4. The monoisotopic (exact) mass is 280 g/mol. The van der Waals surface area contributed by atoms with E-state index in [1.54, 1.807) is 18.3 Å². The Morgan fingerprint density at radius 2 is 2.10 bits per heavy atom. The van der Waals surface area contributed by atoms with Gasteiger partial charge in [0.1, 0.15) is 6.04 Å². The molecule has 1 aliphatic rings. The second kappa shape index (κ2) is 5.87. The third-order valence-electron chi connectivity index (χ3n) is 3.35. The standard InChI is InChI=1S/C13H16N2O5/c16-9-7-10(13(19)20)15(8-9)12(18)4-6-14-5-2-1-3-11(14)17/h1-3,5,9-10,16H,4,6-8H2,(H,19,20)/t9?,10-/m0/s1. The molecule has 0 saturated carbocycles. The van der Waals surface area contributed by atoms with Crippen molar-refractivity contribution in [2.24, 2.45) is 0 Å². The van der Waals surface area contributed by atoms with Gasteiger partial charge in [-0.15, -0.1) is 0 Å². The summed E-state index contributed by atoms with van der Waals surface area (Å²) in [6.45, 7) is 0.219. The van der Waals surface area contributed by atoms with Gasteiger partial charge in [0.2, 0.25) is 5.91 Å². The first-order chi connectivity index (χ1) is 9.49. The predicted octanol–water partition coefficient (Wildman–Crippen LogP) is -0.715. The van der Waals surface area contributed by atoms with Gasteiger partial charge in [-0.1, -0.05) is 6.07 Å². The van der Waals surface area contributed by atoms with Crippen LogP contribution < -0.4 is 5.56 Å². The average Bonchev–Trinajstić information content (AvgIpc) is 2.80. The third-order valence-corrected chi connectivity index (χ3v) is 3.35. The molecule has 0 bridgehead atoms. The number of nitrogens with zero attached hydrogens (tertiary/aromatic N) is 2. The van der Waals surface area contributed by atoms with Crippen LogP contribution in [-0.4, -0.2) is 50.2 Å². The summed E-state index contributed by atoms with van der Waals surface area (Å²) in [6, 6.07) is 3.71. The van der Waals surface area contributed by atoms with Crippen molar-refractivity contribution in [2.75, 3.05) is 6.54 Å². The predicted molar refractivity (Wildman–Crippen MR) is 69.1 cm³/mol. The van der Waals surface area contributed by atoms with Crippen LogP contribution in [-0.2, 0) is 16.1 Å². The minimum Gasteiger partial charge on any atom is -0.480 e. The maximum Gasteiger partial charge on any atom is 0.326 e. The summed E-state index contributed by atoms with van der Waals surface area (Å²) >= 11 is 0. The number of hydrogen-bond acceptors (Lipinski definition) is 4. The van der Waals surface area contributed by atoms with Crippen LogP contribution in [0.5, 0.6) is 0 Å². The van der Waals surface area contributed by atoms with Gasteiger partial charge in [-0.2, -0.15) is 0 Å². The van der Waals surface area contributed by atoms with Crippen molar-refractivity contribution in [2.45, 2.75) is 31.5 Å². The second-order valence-electron chi connectivity index (χ2n) is 4.77. The summed E-state index contributed by atoms with van der Waals surface area (Å²) in [5.74, 6) is -1.49. The first kappa shape index (κ1) is 14.3. The molecule has 20 heavy (non-hydrogen) atoms. The molecule has 0 aliphatic carbocycles. The first-order valence-corrected chi connectivity index (χ1v) is 6.35. The van der Waals surface area contributed by atoms with Crippen LogP contribution >= 0.6 is 0 Å². The van der Waals surface area contributed by atoms with Gasteiger partial charge in [0.25, 0.3) is 5.56 Å². The van der Waals surface area contributed by atoms with Crippen LogP contribution in [0.2, 0.25) is 0 Å². The lowest BCUT2D eigenvalue weighted by atomic mass is 10.2. The molecule has 1 aromatic heterocycles. The quantitative estimate of drug-likeness (QED) is 0.758. The Morgan fingerprint density at radius 1 is 1.35 bits per heavy atom. The number of rotatable bonds is 4. The molecule has 0 radical (unpaired) electrons. The topological polar surface area (TPSA) is 99.8 Å². The smallest absolute Gasteiger partial charge is 0.326 e. The number of carbonyl (C=O) groups excluding carboxylic acids is 1. The highest BCUT2D eigenvalue weighted by molar-refractivity contribution is 5.84. The van der Waals surface area contributed by atoms with E-state index in [0.717, 1.165) is 0 Å². The average molecular weight is 280 g/mol. The molecular formula is C13H16N2O5. The fourth-order valence-corrected chi connectivity index (χ4v) is 2.33. The Hall–Kier alpha value is -2.15. The molecule has 1 amide bonds. The van der Waals surface area contributed by atoms with Gasteiger partial charge in [0.05, 0.1) is 6.10 Å². The molecule has 1 aromatic rings. The summed E-state index contributed by atoms with van der Waals surface area (Å²) in [4.78, 5) is 35.7. The highest BCUT2D eigenvalue weighted by Crippen LogP contribution is 2.19. The number of aliphatic carboxylic acids is 1. The lowest BCUT2D eigenvalue weighted by molar-refractivity contribution is -0.148. The minimum atomic E-state index is -1.12. The Morgan fingerprint density at radius 3 is 2.75 bits per heavy atom. The molecule has 1 unspecified atom stereocenters. The molecule has 7 nitrogen and oxygen atoms in total. The SMILES string of the molecule is O=C(O)[C@@H]1CC(O)CN1C(=O)CCn1ccccc1=O. The maximum absolute atomic E-state index is 12.0. The number of aliphatic hydroxyl groups is 1. The van der Waals surface area contributed by atoms with Gasteiger partial charge in [-0.25, -0.2) is 4.79 Å². The Kier molecular flexibility index (Phi) is 4.19. The summed E-state index contributed by atoms with van der Waals surface area (Å²) in [7, 11) is 0. The summed E-state index contributed by atoms with van der Waals surface area (Å²) in [5, 5.41) is 18.5. The fourth-order valence-electron chi connectivity index (χ4n) is 2.33. The summed E-state index contributed by atoms with van der Waals surface area (Å²) in [6.07, 6.45) is 0.843. The molecule has 2 heterocycles. The molecule has 7 heteroatoms. The minimum absolute atomic E-state index is 0.0273. The van der Waals surface area contributed by atoms with Gasteiger partial charge in [-0.05, 0) is 6.07 Å². The van der Waals surface area contributed by atoms with E-state index in [9.17, 15) is 19.5 Å². The van der Waals surface area contributed by atoms with Crippen LogP contribution in [0.25, 0.3) is 0 Å². The van der Waals surface area contributed by atoms with Gasteiger partial charge >= 0.3 is 5.97 Å². The van der Waals surface area contributed by atoms with Crippen LogP contribution in [0.15, 0.2) is 29.2 Å². The van der Waals surface area contributed by atoms with Gasteiger partial charge in [0, 0.05) is 38.2 Å². The van der Waals surface area contributed by atoms with Gasteiger partial charge in [-0.3, -0.25) is 9.59 Å². The molecule has 0 spiro atoms. The van der Waals surface area contributed by atoms with Crippen LogP contribution in [0.4, 0.5) is 0 Å². The normalized spacial score (nSPS) is 21.9. The highest BCUT2D eigenvalue weighted by Gasteiger charge is 2.38. The Balaban J connectivity index is 2.00. The molecule has 2 rings (SSSR count). The Labute approximate surface area is 115 Å². The number of hydrogen-bond donors (Lipinski definition) is 2. The van der Waals surface area contributed by atoms with Crippen molar-refractivity contribution in [1.29, 1.82) is 0 Å². The third kappa shape index (κ3) is 3.05. The van der Waals surface area contributed by atoms with E-state index in [0.29, 0.717) is 0 Å². The molecule has 108 valence electrons. The van der Waals surface area contributed by atoms with Crippen molar-refractivity contribution in [3.63, 3.8) is 0 Å². The van der Waals surface area contributed by atoms with E-state index in [1.807, 2.05) is 0 Å². The number of pyridine rings is 1. The largest absolute Gasteiger partial charge is 0.480 e. The van der Waals surface area contributed by atoms with Crippen molar-refractivity contribution >= 4 is 11.9 Å². The van der Waals surface area contributed by atoms with Crippen molar-refractivity contribution < 1.29 is 19.8 Å². The zero-order chi connectivity index (χ0) is 14.7. The number of likely N-dealkylation sites (tertiary alicyclic amines) is 1. The van der Waals surface area contributed by atoms with Crippen LogP contribution in [0.3, 0.4) is 0 Å². The lowest BCUT2D eigenvalue weighted by Gasteiger charge is -2.21. The maximum atomic E-state index is 12.0. The van der Waals surface area contributed by atoms with E-state index in [1.165, 1.54) is 15.5 Å². The van der Waals surface area contributed by atoms with Gasteiger partial charge in [0.15, 0.2) is 0 Å². The zero-order valence-corrected chi connectivity index (χ0v) is 10.8. The number of carbonyl (C=O) groups is 2. The summed E-state index contributed by atoms with van der Waals surface area (Å²) < 4.78 is 1.39. The Bertz CT molecular complexity index is 568. The molecule has 1 aliphatic heterocycles. The number of carboxylic acid groups (broad SMARTS) is 1. The van der Waals surface area contributed by atoms with Gasteiger partial charge < -0.3 is 19.7 Å². The molecule has 2 N–H and O–H groups in total. The first-order valence-electron chi connectivity index (χ1n) is 6.35. The zero-order valence-electron chi connectivity index (χ0n) is 10.8. The molecule has 2 atom stereocenters. The summed E-state index contributed by atoms with van der Waals surface area (Å²) in [5.41, 5.74) is -0.212. The molecule has 0 aromatic carbocycles.